The molecule has 90 valence electrons. The highest BCUT2D eigenvalue weighted by molar-refractivity contribution is 5.11. The van der Waals surface area contributed by atoms with E-state index >= 15 is 0 Å². The summed E-state index contributed by atoms with van der Waals surface area (Å²) in [4.78, 5) is 4.00. The maximum Gasteiger partial charge on any atom is 0.0492 e. The van der Waals surface area contributed by atoms with Crippen LogP contribution in [0, 0.1) is 0 Å². The quantitative estimate of drug-likeness (QED) is 0.842. The van der Waals surface area contributed by atoms with Crippen molar-refractivity contribution in [1.29, 1.82) is 0 Å². The summed E-state index contributed by atoms with van der Waals surface area (Å²) < 4.78 is 1.90. The van der Waals surface area contributed by atoms with E-state index in [2.05, 4.69) is 10.1 Å². The SMILES string of the molecule is Cn1nccc1CCC(N)Cc1ccncc1. The summed E-state index contributed by atoms with van der Waals surface area (Å²) in [6, 6.07) is 6.26. The van der Waals surface area contributed by atoms with Gasteiger partial charge in [-0.15, -0.1) is 0 Å². The fraction of sp³-hybridized carbons (Fsp3) is 0.385. The Balaban J connectivity index is 1.82. The average molecular weight is 230 g/mol. The molecule has 0 aliphatic carbocycles. The first kappa shape index (κ1) is 11.8. The van der Waals surface area contributed by atoms with Crippen molar-refractivity contribution in [3.8, 4) is 0 Å². The number of nitrogens with two attached hydrogens (primary N) is 1. The predicted molar refractivity (Wildman–Crippen MR) is 67.4 cm³/mol. The van der Waals surface area contributed by atoms with Crippen molar-refractivity contribution < 1.29 is 0 Å². The van der Waals surface area contributed by atoms with E-state index in [0.29, 0.717) is 0 Å². The molecule has 0 saturated carbocycles. The number of aryl methyl sites for hydroxylation is 2. The highest BCUT2D eigenvalue weighted by atomic mass is 15.2. The van der Waals surface area contributed by atoms with Crippen LogP contribution in [0.4, 0.5) is 0 Å². The molecule has 0 saturated heterocycles. The Morgan fingerprint density at radius 2 is 2.00 bits per heavy atom. The van der Waals surface area contributed by atoms with Gasteiger partial charge in [0.1, 0.15) is 0 Å². The lowest BCUT2D eigenvalue weighted by atomic mass is 10.0. The van der Waals surface area contributed by atoms with Gasteiger partial charge < -0.3 is 5.73 Å². The van der Waals surface area contributed by atoms with Gasteiger partial charge in [-0.25, -0.2) is 0 Å². The molecule has 0 bridgehead atoms. The van der Waals surface area contributed by atoms with Crippen molar-refractivity contribution >= 4 is 0 Å². The zero-order valence-electron chi connectivity index (χ0n) is 10.1. The Morgan fingerprint density at radius 3 is 2.65 bits per heavy atom. The monoisotopic (exact) mass is 230 g/mol. The van der Waals surface area contributed by atoms with Crippen LogP contribution >= 0.6 is 0 Å². The van der Waals surface area contributed by atoms with Gasteiger partial charge in [0.25, 0.3) is 0 Å². The minimum absolute atomic E-state index is 0.187. The summed E-state index contributed by atoms with van der Waals surface area (Å²) in [7, 11) is 1.96. The maximum atomic E-state index is 6.12. The van der Waals surface area contributed by atoms with Crippen LogP contribution in [0.3, 0.4) is 0 Å². The topological polar surface area (TPSA) is 56.7 Å². The third-order valence-electron chi connectivity index (χ3n) is 2.94. The van der Waals surface area contributed by atoms with E-state index in [1.165, 1.54) is 11.3 Å². The fourth-order valence-electron chi connectivity index (χ4n) is 1.90. The first-order chi connectivity index (χ1) is 8.25. The second kappa shape index (κ2) is 5.59. The van der Waals surface area contributed by atoms with E-state index in [1.807, 2.05) is 48.5 Å². The van der Waals surface area contributed by atoms with Gasteiger partial charge in [0.2, 0.25) is 0 Å². The average Bonchev–Trinajstić information content (AvgIpc) is 2.74. The van der Waals surface area contributed by atoms with E-state index in [-0.39, 0.29) is 6.04 Å². The second-order valence-electron chi connectivity index (χ2n) is 4.30. The molecule has 4 nitrogen and oxygen atoms in total. The zero-order valence-corrected chi connectivity index (χ0v) is 10.1. The lowest BCUT2D eigenvalue weighted by Crippen LogP contribution is -2.23. The summed E-state index contributed by atoms with van der Waals surface area (Å²) >= 11 is 0. The summed E-state index contributed by atoms with van der Waals surface area (Å²) in [5.41, 5.74) is 8.60. The maximum absolute atomic E-state index is 6.12. The van der Waals surface area contributed by atoms with Gasteiger partial charge in [0.05, 0.1) is 0 Å². The van der Waals surface area contributed by atoms with Crippen molar-refractivity contribution in [2.24, 2.45) is 12.8 Å². The lowest BCUT2D eigenvalue weighted by molar-refractivity contribution is 0.586. The molecule has 0 amide bonds. The Morgan fingerprint density at radius 1 is 1.24 bits per heavy atom. The first-order valence-electron chi connectivity index (χ1n) is 5.87. The predicted octanol–water partition coefficient (Wildman–Crippen LogP) is 1.32. The van der Waals surface area contributed by atoms with Crippen LogP contribution in [0.2, 0.25) is 0 Å². The number of hydrogen-bond acceptors (Lipinski definition) is 3. The van der Waals surface area contributed by atoms with E-state index in [9.17, 15) is 0 Å². The van der Waals surface area contributed by atoms with E-state index in [4.69, 9.17) is 5.73 Å². The number of pyridine rings is 1. The standard InChI is InChI=1S/C13H18N4/c1-17-13(6-9-16-17)3-2-12(14)10-11-4-7-15-8-5-11/h4-9,12H,2-3,10,14H2,1H3. The van der Waals surface area contributed by atoms with Crippen molar-refractivity contribution in [1.82, 2.24) is 14.8 Å². The van der Waals surface area contributed by atoms with Crippen molar-refractivity contribution in [2.45, 2.75) is 25.3 Å². The largest absolute Gasteiger partial charge is 0.327 e. The van der Waals surface area contributed by atoms with Crippen LogP contribution in [0.1, 0.15) is 17.7 Å². The van der Waals surface area contributed by atoms with Crippen molar-refractivity contribution in [3.63, 3.8) is 0 Å². The van der Waals surface area contributed by atoms with E-state index in [1.54, 1.807) is 0 Å². The molecule has 2 rings (SSSR count). The molecular weight excluding hydrogens is 212 g/mol. The lowest BCUT2D eigenvalue weighted by Gasteiger charge is -2.11. The van der Waals surface area contributed by atoms with Crippen LogP contribution in [-0.2, 0) is 19.9 Å². The van der Waals surface area contributed by atoms with Crippen molar-refractivity contribution in [3.05, 3.63) is 48.0 Å². The van der Waals surface area contributed by atoms with Gasteiger partial charge in [-0.3, -0.25) is 9.67 Å². The van der Waals surface area contributed by atoms with Crippen LogP contribution in [-0.4, -0.2) is 20.8 Å². The van der Waals surface area contributed by atoms with Crippen molar-refractivity contribution in [2.75, 3.05) is 0 Å². The van der Waals surface area contributed by atoms with Gasteiger partial charge in [-0.05, 0) is 43.0 Å². The third kappa shape index (κ3) is 3.39. The molecule has 0 aromatic carbocycles. The third-order valence-corrected chi connectivity index (χ3v) is 2.94. The van der Waals surface area contributed by atoms with Gasteiger partial charge in [0, 0.05) is 37.4 Å². The van der Waals surface area contributed by atoms with Gasteiger partial charge in [0.15, 0.2) is 0 Å². The molecule has 2 aromatic heterocycles. The Bertz CT molecular complexity index is 449. The molecule has 17 heavy (non-hydrogen) atoms. The molecule has 2 aromatic rings. The smallest absolute Gasteiger partial charge is 0.0492 e. The van der Waals surface area contributed by atoms with Gasteiger partial charge in [-0.2, -0.15) is 5.10 Å². The molecule has 1 unspecified atom stereocenters. The number of hydrogen-bond donors (Lipinski definition) is 1. The fourth-order valence-corrected chi connectivity index (χ4v) is 1.90. The van der Waals surface area contributed by atoms with E-state index in [0.717, 1.165) is 19.3 Å². The number of rotatable bonds is 5. The summed E-state index contributed by atoms with van der Waals surface area (Å²) in [5, 5.41) is 4.15. The Hall–Kier alpha value is -1.68. The number of aromatic nitrogens is 3. The van der Waals surface area contributed by atoms with Gasteiger partial charge in [-0.1, -0.05) is 0 Å². The number of nitrogens with zero attached hydrogens (tertiary/aromatic N) is 3. The van der Waals surface area contributed by atoms with Crippen LogP contribution in [0.25, 0.3) is 0 Å². The molecule has 0 aliphatic rings. The molecule has 4 heteroatoms. The van der Waals surface area contributed by atoms with E-state index < -0.39 is 0 Å². The molecule has 0 fully saturated rings. The molecule has 2 heterocycles. The van der Waals surface area contributed by atoms with Crippen LogP contribution in [0.15, 0.2) is 36.8 Å². The highest BCUT2D eigenvalue weighted by Crippen LogP contribution is 2.07. The highest BCUT2D eigenvalue weighted by Gasteiger charge is 2.06. The summed E-state index contributed by atoms with van der Waals surface area (Å²) in [6.07, 6.45) is 8.29. The first-order valence-corrected chi connectivity index (χ1v) is 5.87. The molecule has 0 radical (unpaired) electrons. The minimum Gasteiger partial charge on any atom is -0.327 e. The summed E-state index contributed by atoms with van der Waals surface area (Å²) in [6.45, 7) is 0. The normalized spacial score (nSPS) is 12.6. The summed E-state index contributed by atoms with van der Waals surface area (Å²) in [5.74, 6) is 0. The zero-order chi connectivity index (χ0) is 12.1. The Kier molecular flexibility index (Phi) is 3.88. The van der Waals surface area contributed by atoms with Crippen LogP contribution in [0.5, 0.6) is 0 Å². The molecule has 0 aliphatic heterocycles. The Labute approximate surface area is 101 Å². The van der Waals surface area contributed by atoms with Crippen LogP contribution < -0.4 is 5.73 Å². The minimum atomic E-state index is 0.187. The molecule has 2 N–H and O–H groups in total. The second-order valence-corrected chi connectivity index (χ2v) is 4.30. The molecular formula is C13H18N4. The molecule has 1 atom stereocenters. The molecule has 0 spiro atoms. The van der Waals surface area contributed by atoms with Gasteiger partial charge >= 0.3 is 0 Å².